The van der Waals surface area contributed by atoms with Gasteiger partial charge in [0.05, 0.1) is 42.5 Å². The number of rotatable bonds is 32. The highest BCUT2D eigenvalue weighted by Crippen LogP contribution is 2.34. The molecule has 3 aliphatic rings. The maximum absolute atomic E-state index is 13.7. The number of methoxy groups -OCH3 is 1. The number of carboxylic acid groups (broad SMARTS) is 1. The van der Waals surface area contributed by atoms with Crippen molar-refractivity contribution in [1.82, 2.24) is 30.7 Å². The molecule has 0 radical (unpaired) electrons. The van der Waals surface area contributed by atoms with E-state index in [1.54, 1.807) is 59.2 Å². The molecule has 2 fully saturated rings. The Morgan fingerprint density at radius 2 is 1.63 bits per heavy atom. The van der Waals surface area contributed by atoms with E-state index in [1.165, 1.54) is 22.0 Å². The third-order valence-corrected chi connectivity index (χ3v) is 15.2. The number of nitrogens with one attached hydrogen (secondary N) is 4. The van der Waals surface area contributed by atoms with E-state index in [-0.39, 0.29) is 106 Å². The maximum atomic E-state index is 13.7. The number of ether oxygens (including phenoxy) is 5. The van der Waals surface area contributed by atoms with Crippen LogP contribution < -0.4 is 27.0 Å². The number of allylic oxidation sites excluding steroid dienone is 3. The number of imide groups is 1. The molecular formula is C60H92N8O16. The summed E-state index contributed by atoms with van der Waals surface area (Å²) in [7, 11) is 3.13. The van der Waals surface area contributed by atoms with Crippen LogP contribution in [0.1, 0.15) is 132 Å². The third kappa shape index (κ3) is 22.6. The number of carbonyl (C=O) groups excluding carboxylic acids is 8. The average Bonchev–Trinajstić information content (AvgIpc) is 4.20. The second-order valence-electron chi connectivity index (χ2n) is 23.3. The molecule has 0 aliphatic carbocycles. The Bertz CT molecular complexity index is 2480. The van der Waals surface area contributed by atoms with E-state index < -0.39 is 84.2 Å². The minimum absolute atomic E-state index is 0.101. The molecule has 3 heterocycles. The molecule has 0 spiro atoms. The molecule has 0 saturated carbocycles. The number of amides is 9. The van der Waals surface area contributed by atoms with Crippen LogP contribution in [-0.4, -0.2) is 179 Å². The molecule has 8 N–H and O–H groups in total. The second-order valence-corrected chi connectivity index (χ2v) is 23.3. The zero-order valence-corrected chi connectivity index (χ0v) is 50.8. The minimum atomic E-state index is -1.08. The van der Waals surface area contributed by atoms with E-state index in [9.17, 15) is 53.4 Å². The van der Waals surface area contributed by atoms with Crippen molar-refractivity contribution in [2.45, 2.75) is 193 Å². The second kappa shape index (κ2) is 33.6. The SMILES string of the molecule is CO[C@@H]([C@@H](C)O)[C@@H](C)OC(C)(C)C[C@H](C)/C=C/C=C(\C)[C@H]1O[C@@H](CC(=O)O)C[C@@H](OC(=O)N2CCC(N(C)C(=O)OCc3ccc(NC(=O)[C@H](CCCNC(N)=O)NC(=O)[C@H](NC(=O)CCCCCN4C(=O)C=CC4=O)C(C)C)cc3)C2)[C@@H]1C. The van der Waals surface area contributed by atoms with Crippen LogP contribution in [0.4, 0.5) is 20.1 Å². The summed E-state index contributed by atoms with van der Waals surface area (Å²) in [6.07, 6.45) is 6.84. The van der Waals surface area contributed by atoms with Crippen LogP contribution >= 0.6 is 0 Å². The Labute approximate surface area is 493 Å². The predicted molar refractivity (Wildman–Crippen MR) is 312 cm³/mol. The first-order valence-corrected chi connectivity index (χ1v) is 29.1. The number of unbranched alkanes of at least 4 members (excludes halogenated alkanes) is 2. The van der Waals surface area contributed by atoms with Crippen LogP contribution in [0.25, 0.3) is 0 Å². The van der Waals surface area contributed by atoms with E-state index >= 15 is 0 Å². The molecule has 0 aromatic heterocycles. The van der Waals surface area contributed by atoms with Gasteiger partial charge in [0, 0.05) is 76.9 Å². The highest BCUT2D eigenvalue weighted by Gasteiger charge is 2.42. The van der Waals surface area contributed by atoms with Crippen molar-refractivity contribution in [1.29, 1.82) is 0 Å². The number of carbonyl (C=O) groups is 9. The molecule has 4 rings (SSSR count). The van der Waals surface area contributed by atoms with Crippen LogP contribution in [0.15, 0.2) is 60.2 Å². The third-order valence-electron chi connectivity index (χ3n) is 15.2. The number of nitrogens with two attached hydrogens (primary N) is 1. The number of nitrogens with zero attached hydrogens (tertiary/aromatic N) is 3. The van der Waals surface area contributed by atoms with Gasteiger partial charge in [0.15, 0.2) is 0 Å². The van der Waals surface area contributed by atoms with Crippen molar-refractivity contribution in [2.24, 2.45) is 23.5 Å². The molecule has 24 nitrogen and oxygen atoms in total. The smallest absolute Gasteiger partial charge is 0.410 e. The van der Waals surface area contributed by atoms with E-state index in [2.05, 4.69) is 34.3 Å². The Hall–Kier alpha value is -6.89. The number of aliphatic carboxylic acids is 1. The molecule has 3 aliphatic heterocycles. The molecular weight excluding hydrogens is 1090 g/mol. The van der Waals surface area contributed by atoms with Gasteiger partial charge in [0.25, 0.3) is 11.8 Å². The van der Waals surface area contributed by atoms with Gasteiger partial charge in [0.1, 0.15) is 30.9 Å². The molecule has 84 heavy (non-hydrogen) atoms. The van der Waals surface area contributed by atoms with Crippen molar-refractivity contribution >= 4 is 59.4 Å². The fourth-order valence-electron chi connectivity index (χ4n) is 10.7. The van der Waals surface area contributed by atoms with E-state index in [4.69, 9.17) is 29.4 Å². The molecule has 9 amide bonds. The Morgan fingerprint density at radius 1 is 0.952 bits per heavy atom. The highest BCUT2D eigenvalue weighted by molar-refractivity contribution is 6.12. The summed E-state index contributed by atoms with van der Waals surface area (Å²) in [6.45, 7) is 17.7. The lowest BCUT2D eigenvalue weighted by atomic mass is 9.85. The first-order valence-electron chi connectivity index (χ1n) is 29.1. The van der Waals surface area contributed by atoms with E-state index in [0.29, 0.717) is 49.9 Å². The fourth-order valence-corrected chi connectivity index (χ4v) is 10.7. The summed E-state index contributed by atoms with van der Waals surface area (Å²) in [5, 5.41) is 30.6. The largest absolute Gasteiger partial charge is 0.481 e. The number of anilines is 1. The van der Waals surface area contributed by atoms with Crippen LogP contribution in [0.5, 0.6) is 0 Å². The van der Waals surface area contributed by atoms with Gasteiger partial charge in [-0.15, -0.1) is 0 Å². The maximum Gasteiger partial charge on any atom is 0.410 e. The number of likely N-dealkylation sites (N-methyl/N-ethyl adjacent to an activating group) is 1. The predicted octanol–water partition coefficient (Wildman–Crippen LogP) is 5.71. The van der Waals surface area contributed by atoms with Gasteiger partial charge in [-0.3, -0.25) is 33.7 Å². The lowest BCUT2D eigenvalue weighted by molar-refractivity contribution is -0.151. The quantitative estimate of drug-likeness (QED) is 0.0258. The summed E-state index contributed by atoms with van der Waals surface area (Å²) < 4.78 is 29.8. The van der Waals surface area contributed by atoms with Gasteiger partial charge >= 0.3 is 24.2 Å². The van der Waals surface area contributed by atoms with E-state index in [0.717, 1.165) is 10.5 Å². The number of likely N-dealkylation sites (tertiary alicyclic amines) is 1. The van der Waals surface area contributed by atoms with Crippen LogP contribution in [0, 0.1) is 17.8 Å². The summed E-state index contributed by atoms with van der Waals surface area (Å²) >= 11 is 0. The van der Waals surface area contributed by atoms with E-state index in [1.807, 2.05) is 46.8 Å². The van der Waals surface area contributed by atoms with Gasteiger partial charge in [-0.25, -0.2) is 14.4 Å². The zero-order valence-electron chi connectivity index (χ0n) is 50.8. The van der Waals surface area contributed by atoms with Crippen LogP contribution in [0.3, 0.4) is 0 Å². The molecule has 24 heteroatoms. The van der Waals surface area contributed by atoms with Gasteiger partial charge in [0.2, 0.25) is 17.7 Å². The lowest BCUT2D eigenvalue weighted by Crippen LogP contribution is -2.54. The summed E-state index contributed by atoms with van der Waals surface area (Å²) in [5.74, 6) is -3.86. The number of primary amides is 1. The summed E-state index contributed by atoms with van der Waals surface area (Å²) in [4.78, 5) is 118. The molecule has 1 aromatic rings. The number of benzene rings is 1. The molecule has 2 saturated heterocycles. The normalized spacial score (nSPS) is 21.3. The van der Waals surface area contributed by atoms with Crippen molar-refractivity contribution in [2.75, 3.05) is 45.7 Å². The first-order chi connectivity index (χ1) is 39.6. The van der Waals surface area contributed by atoms with Gasteiger partial charge in [-0.05, 0) is 108 Å². The molecule has 11 atom stereocenters. The molecule has 1 aromatic carbocycles. The fraction of sp³-hybridized carbons (Fsp3) is 0.650. The van der Waals surface area contributed by atoms with Crippen molar-refractivity contribution in [3.05, 3.63) is 65.8 Å². The first kappa shape index (κ1) is 69.6. The lowest BCUT2D eigenvalue weighted by Gasteiger charge is -2.40. The Morgan fingerprint density at radius 3 is 2.25 bits per heavy atom. The highest BCUT2D eigenvalue weighted by atomic mass is 16.6. The van der Waals surface area contributed by atoms with Crippen LogP contribution in [-0.2, 0) is 59.1 Å². The average molecular weight is 1180 g/mol. The summed E-state index contributed by atoms with van der Waals surface area (Å²) in [5.41, 5.74) is 6.51. The zero-order chi connectivity index (χ0) is 62.4. The number of aliphatic hydroxyl groups is 1. The molecule has 0 bridgehead atoms. The van der Waals surface area contributed by atoms with Crippen molar-refractivity contribution in [3.8, 4) is 0 Å². The van der Waals surface area contributed by atoms with Crippen LogP contribution in [0.2, 0.25) is 0 Å². The Balaban J connectivity index is 1.28. The number of hydrogen-bond acceptors (Lipinski definition) is 15. The van der Waals surface area contributed by atoms with Gasteiger partial charge in [-0.2, -0.15) is 0 Å². The van der Waals surface area contributed by atoms with Crippen molar-refractivity contribution in [3.63, 3.8) is 0 Å². The Kier molecular flexibility index (Phi) is 27.8. The molecule has 1 unspecified atom stereocenters. The van der Waals surface area contributed by atoms with Crippen molar-refractivity contribution < 1.29 is 77.0 Å². The van der Waals surface area contributed by atoms with Gasteiger partial charge in [-0.1, -0.05) is 64.5 Å². The monoisotopic (exact) mass is 1180 g/mol. The minimum Gasteiger partial charge on any atom is -0.481 e. The number of carboxylic acids is 1. The number of aliphatic hydroxyl groups excluding tert-OH is 1. The standard InChI is InChI=1S/C60H92N8O16/c1-36(2)52(65-48(70)20-13-12-14-29-68-49(71)25-26-50(68)72)56(76)64-46(19-16-28-62-57(61)77)55(75)63-43-23-21-42(22-24-43)35-81-58(78)66(10)44-27-30-67(34-44)59(79)83-47-31-45(32-51(73)74)82-53(39(47)5)38(4)18-15-17-37(3)33-60(8,9)84-41(7)54(80-11)40(6)69/h15,17-18,21-26,36-37,39-41,44-47,52-54,69H,12-14,16,19-20,27-35H2,1-11H3,(H,63,75)(H,64,76)(H,65,70)(H,73,74)(H3,61,62,77)/b17-15+,38-18+/t37-,39+,40-,41-,44?,45-,46+,47-,52-,53-,54+/m1/s1. The number of hydrogen-bond donors (Lipinski definition) is 7. The number of urea groups is 1. The van der Waals surface area contributed by atoms with Gasteiger partial charge < -0.3 is 70.7 Å². The molecule has 468 valence electrons. The summed E-state index contributed by atoms with van der Waals surface area (Å²) in [6, 6.07) is 3.34. The topological polar surface area (TPSA) is 324 Å².